The Morgan fingerprint density at radius 3 is 2.43 bits per heavy atom. The van der Waals surface area contributed by atoms with Gasteiger partial charge < -0.3 is 14.6 Å². The highest BCUT2D eigenvalue weighted by atomic mass is 16.6. The summed E-state index contributed by atoms with van der Waals surface area (Å²) in [6.07, 6.45) is 0.792. The zero-order chi connectivity index (χ0) is 16.0. The molecule has 0 bridgehead atoms. The van der Waals surface area contributed by atoms with Gasteiger partial charge in [0.15, 0.2) is 0 Å². The van der Waals surface area contributed by atoms with Crippen molar-refractivity contribution in [2.75, 3.05) is 6.61 Å². The lowest BCUT2D eigenvalue weighted by molar-refractivity contribution is -0.155. The van der Waals surface area contributed by atoms with Gasteiger partial charge in [-0.2, -0.15) is 0 Å². The van der Waals surface area contributed by atoms with Crippen LogP contribution in [0.2, 0.25) is 0 Å². The summed E-state index contributed by atoms with van der Waals surface area (Å²) in [6, 6.07) is 4.82. The van der Waals surface area contributed by atoms with Gasteiger partial charge in [-0.05, 0) is 57.9 Å². The minimum atomic E-state index is -0.989. The van der Waals surface area contributed by atoms with Crippen LogP contribution in [-0.4, -0.2) is 29.3 Å². The quantitative estimate of drug-likeness (QED) is 0.644. The molecule has 0 unspecified atom stereocenters. The van der Waals surface area contributed by atoms with Crippen LogP contribution >= 0.6 is 0 Å². The monoisotopic (exact) mass is 294 g/mol. The maximum Gasteiger partial charge on any atom is 0.335 e. The minimum absolute atomic E-state index is 0.192. The molecule has 1 N–H and O–H groups in total. The molecule has 116 valence electrons. The van der Waals surface area contributed by atoms with Crippen molar-refractivity contribution in [3.05, 3.63) is 29.3 Å². The summed E-state index contributed by atoms with van der Waals surface area (Å²) in [5.74, 6) is -0.754. The lowest BCUT2D eigenvalue weighted by Gasteiger charge is -2.19. The van der Waals surface area contributed by atoms with Crippen LogP contribution < -0.4 is 4.74 Å². The Bertz CT molecular complexity index is 514. The molecule has 5 nitrogen and oxygen atoms in total. The number of rotatable bonds is 6. The molecule has 0 heterocycles. The standard InChI is InChI=1S/C16H22O5/c1-11-8-12(15(18)19)10-13(9-11)20-7-5-6-14(17)21-16(2,3)4/h8-10H,5-7H2,1-4H3,(H,18,19). The molecule has 0 aliphatic carbocycles. The van der Waals surface area contributed by atoms with Gasteiger partial charge in [0.25, 0.3) is 0 Å². The predicted octanol–water partition coefficient (Wildman–Crippen LogP) is 3.19. The van der Waals surface area contributed by atoms with E-state index in [4.69, 9.17) is 14.6 Å². The third kappa shape index (κ3) is 6.79. The molecule has 1 rings (SSSR count). The summed E-state index contributed by atoms with van der Waals surface area (Å²) in [6.45, 7) is 7.60. The normalized spacial score (nSPS) is 11.0. The highest BCUT2D eigenvalue weighted by Gasteiger charge is 2.15. The summed E-state index contributed by atoms with van der Waals surface area (Å²) < 4.78 is 10.7. The summed E-state index contributed by atoms with van der Waals surface area (Å²) in [5.41, 5.74) is 0.527. The zero-order valence-electron chi connectivity index (χ0n) is 12.9. The van der Waals surface area contributed by atoms with Crippen molar-refractivity contribution in [2.24, 2.45) is 0 Å². The van der Waals surface area contributed by atoms with Gasteiger partial charge in [0.2, 0.25) is 0 Å². The second kappa shape index (κ2) is 7.11. The molecular weight excluding hydrogens is 272 g/mol. The molecule has 0 saturated carbocycles. The Hall–Kier alpha value is -2.04. The fraction of sp³-hybridized carbons (Fsp3) is 0.500. The Kier molecular flexibility index (Phi) is 5.76. The molecule has 0 aromatic heterocycles. The number of benzene rings is 1. The predicted molar refractivity (Wildman–Crippen MR) is 78.7 cm³/mol. The molecule has 0 aliphatic rings. The molecule has 0 amide bonds. The number of hydrogen-bond donors (Lipinski definition) is 1. The molecule has 0 spiro atoms. The lowest BCUT2D eigenvalue weighted by Crippen LogP contribution is -2.23. The third-order valence-corrected chi connectivity index (χ3v) is 2.51. The second-order valence-electron chi connectivity index (χ2n) is 5.88. The van der Waals surface area contributed by atoms with Crippen LogP contribution in [0.5, 0.6) is 5.75 Å². The van der Waals surface area contributed by atoms with E-state index in [2.05, 4.69) is 0 Å². The summed E-state index contributed by atoms with van der Waals surface area (Å²) in [7, 11) is 0. The molecule has 0 atom stereocenters. The van der Waals surface area contributed by atoms with Crippen molar-refractivity contribution in [3.63, 3.8) is 0 Å². The maximum absolute atomic E-state index is 11.5. The fourth-order valence-corrected chi connectivity index (χ4v) is 1.75. The van der Waals surface area contributed by atoms with E-state index in [1.807, 2.05) is 20.8 Å². The molecule has 21 heavy (non-hydrogen) atoms. The molecular formula is C16H22O5. The average Bonchev–Trinajstić information content (AvgIpc) is 2.31. The Morgan fingerprint density at radius 2 is 1.86 bits per heavy atom. The number of esters is 1. The summed E-state index contributed by atoms with van der Waals surface area (Å²) >= 11 is 0. The second-order valence-corrected chi connectivity index (χ2v) is 5.88. The van der Waals surface area contributed by atoms with E-state index in [-0.39, 0.29) is 18.0 Å². The summed E-state index contributed by atoms with van der Waals surface area (Å²) in [4.78, 5) is 22.5. The van der Waals surface area contributed by atoms with Crippen LogP contribution in [0.1, 0.15) is 49.5 Å². The van der Waals surface area contributed by atoms with Gasteiger partial charge in [0, 0.05) is 6.42 Å². The average molecular weight is 294 g/mol. The topological polar surface area (TPSA) is 72.8 Å². The molecule has 0 saturated heterocycles. The van der Waals surface area contributed by atoms with E-state index >= 15 is 0 Å². The van der Waals surface area contributed by atoms with Crippen molar-refractivity contribution < 1.29 is 24.2 Å². The Balaban J connectivity index is 2.43. The molecule has 5 heteroatoms. The maximum atomic E-state index is 11.5. The third-order valence-electron chi connectivity index (χ3n) is 2.51. The molecule has 0 aliphatic heterocycles. The fourth-order valence-electron chi connectivity index (χ4n) is 1.75. The van der Waals surface area contributed by atoms with Gasteiger partial charge in [-0.1, -0.05) is 0 Å². The first-order chi connectivity index (χ1) is 9.67. The number of carboxylic acids is 1. The number of hydrogen-bond acceptors (Lipinski definition) is 4. The van der Waals surface area contributed by atoms with E-state index in [9.17, 15) is 9.59 Å². The zero-order valence-corrected chi connectivity index (χ0v) is 12.9. The SMILES string of the molecule is Cc1cc(OCCCC(=O)OC(C)(C)C)cc(C(=O)O)c1. The minimum Gasteiger partial charge on any atom is -0.494 e. The number of carbonyl (C=O) groups is 2. The largest absolute Gasteiger partial charge is 0.494 e. The van der Waals surface area contributed by atoms with Crippen LogP contribution in [-0.2, 0) is 9.53 Å². The van der Waals surface area contributed by atoms with Gasteiger partial charge in [0.05, 0.1) is 12.2 Å². The van der Waals surface area contributed by atoms with E-state index in [1.54, 1.807) is 19.1 Å². The lowest BCUT2D eigenvalue weighted by atomic mass is 10.1. The van der Waals surface area contributed by atoms with Crippen molar-refractivity contribution in [1.29, 1.82) is 0 Å². The van der Waals surface area contributed by atoms with E-state index in [0.29, 0.717) is 18.8 Å². The van der Waals surface area contributed by atoms with Crippen LogP contribution in [0.25, 0.3) is 0 Å². The first-order valence-corrected chi connectivity index (χ1v) is 6.87. The Morgan fingerprint density at radius 1 is 1.19 bits per heavy atom. The van der Waals surface area contributed by atoms with Gasteiger partial charge in [-0.15, -0.1) is 0 Å². The first kappa shape index (κ1) is 17.0. The van der Waals surface area contributed by atoms with Gasteiger partial charge in [-0.3, -0.25) is 4.79 Å². The van der Waals surface area contributed by atoms with Crippen LogP contribution in [0, 0.1) is 6.92 Å². The number of carboxylic acid groups (broad SMARTS) is 1. The van der Waals surface area contributed by atoms with Crippen LogP contribution in [0.4, 0.5) is 0 Å². The van der Waals surface area contributed by atoms with Crippen LogP contribution in [0.3, 0.4) is 0 Å². The number of carbonyl (C=O) groups excluding carboxylic acids is 1. The van der Waals surface area contributed by atoms with Gasteiger partial charge in [-0.25, -0.2) is 4.79 Å². The molecule has 0 radical (unpaired) electrons. The van der Waals surface area contributed by atoms with Crippen molar-refractivity contribution in [2.45, 2.75) is 46.1 Å². The van der Waals surface area contributed by atoms with Crippen molar-refractivity contribution in [3.8, 4) is 5.75 Å². The van der Waals surface area contributed by atoms with E-state index in [1.165, 1.54) is 6.07 Å². The molecule has 1 aromatic carbocycles. The van der Waals surface area contributed by atoms with Gasteiger partial charge in [0.1, 0.15) is 11.4 Å². The van der Waals surface area contributed by atoms with E-state index < -0.39 is 11.6 Å². The molecule has 0 fully saturated rings. The number of ether oxygens (including phenoxy) is 2. The first-order valence-electron chi connectivity index (χ1n) is 6.87. The van der Waals surface area contributed by atoms with Crippen LogP contribution in [0.15, 0.2) is 18.2 Å². The van der Waals surface area contributed by atoms with Gasteiger partial charge >= 0.3 is 11.9 Å². The highest BCUT2D eigenvalue weighted by Crippen LogP contribution is 2.17. The van der Waals surface area contributed by atoms with Crippen molar-refractivity contribution >= 4 is 11.9 Å². The smallest absolute Gasteiger partial charge is 0.335 e. The number of aryl methyl sites for hydroxylation is 1. The summed E-state index contributed by atoms with van der Waals surface area (Å²) in [5, 5.41) is 8.97. The molecule has 1 aromatic rings. The number of aromatic carboxylic acids is 1. The van der Waals surface area contributed by atoms with Crippen molar-refractivity contribution in [1.82, 2.24) is 0 Å². The van der Waals surface area contributed by atoms with E-state index in [0.717, 1.165) is 5.56 Å². The Labute approximate surface area is 124 Å². The highest BCUT2D eigenvalue weighted by molar-refractivity contribution is 5.88.